The fraction of sp³-hybridized carbons (Fsp3) is 0.0667. The Kier molecular flexibility index (Phi) is 3.87. The molecule has 2 aromatic rings. The molecule has 1 aromatic carbocycles. The first kappa shape index (κ1) is 13.4. The number of benzene rings is 1. The van der Waals surface area contributed by atoms with E-state index >= 15 is 0 Å². The number of carboxylic acids is 1. The molecule has 2 rings (SSSR count). The molecule has 0 aliphatic rings. The lowest BCUT2D eigenvalue weighted by atomic mass is 10.2. The predicted molar refractivity (Wildman–Crippen MR) is 69.3 cm³/mol. The second-order valence-electron chi connectivity index (χ2n) is 3.89. The molecule has 0 bridgehead atoms. The van der Waals surface area contributed by atoms with Crippen LogP contribution < -0.4 is 9.84 Å². The Balaban J connectivity index is 2.29. The van der Waals surface area contributed by atoms with E-state index in [1.807, 2.05) is 12.1 Å². The molecule has 1 heterocycles. The molecule has 0 saturated heterocycles. The summed E-state index contributed by atoms with van der Waals surface area (Å²) in [5, 5.41) is 19.3. The van der Waals surface area contributed by atoms with Crippen LogP contribution in [-0.2, 0) is 4.79 Å². The molecular weight excluding hydrogens is 258 g/mol. The molecule has 20 heavy (non-hydrogen) atoms. The smallest absolute Gasteiger partial charge is 0.134 e. The van der Waals surface area contributed by atoms with Gasteiger partial charge in [0, 0.05) is 11.6 Å². The number of carbonyl (C=O) groups is 1. The molecule has 0 fully saturated rings. The number of hydrogen-bond donors (Lipinski definition) is 0. The van der Waals surface area contributed by atoms with Gasteiger partial charge in [-0.2, -0.15) is 5.26 Å². The van der Waals surface area contributed by atoms with E-state index in [9.17, 15) is 9.90 Å². The molecule has 5 nitrogen and oxygen atoms in total. The van der Waals surface area contributed by atoms with Crippen LogP contribution in [0.4, 0.5) is 0 Å². The summed E-state index contributed by atoms with van der Waals surface area (Å²) in [7, 11) is 1.58. The van der Waals surface area contributed by atoms with Crippen LogP contribution in [0.1, 0.15) is 5.76 Å². The van der Waals surface area contributed by atoms with E-state index in [1.165, 1.54) is 6.07 Å². The summed E-state index contributed by atoms with van der Waals surface area (Å²) in [6, 6.07) is 12.0. The Bertz CT molecular complexity index is 689. The van der Waals surface area contributed by atoms with E-state index in [0.717, 1.165) is 17.4 Å². The Morgan fingerprint density at radius 2 is 2.00 bits per heavy atom. The lowest BCUT2D eigenvalue weighted by Gasteiger charge is -2.00. The first-order valence-corrected chi connectivity index (χ1v) is 5.71. The molecule has 0 amide bonds. The van der Waals surface area contributed by atoms with Gasteiger partial charge in [-0.15, -0.1) is 0 Å². The van der Waals surface area contributed by atoms with Gasteiger partial charge >= 0.3 is 0 Å². The zero-order valence-electron chi connectivity index (χ0n) is 10.6. The molecule has 0 aliphatic carbocycles. The molecule has 0 spiro atoms. The van der Waals surface area contributed by atoms with Gasteiger partial charge in [0.15, 0.2) is 0 Å². The molecule has 0 N–H and O–H groups in total. The van der Waals surface area contributed by atoms with E-state index in [-0.39, 0.29) is 5.76 Å². The summed E-state index contributed by atoms with van der Waals surface area (Å²) in [5.74, 6) is 0.0325. The van der Waals surface area contributed by atoms with Gasteiger partial charge in [0.1, 0.15) is 23.3 Å². The van der Waals surface area contributed by atoms with Gasteiger partial charge in [0.05, 0.1) is 18.7 Å². The monoisotopic (exact) mass is 268 g/mol. The number of furan rings is 1. The zero-order valence-corrected chi connectivity index (χ0v) is 10.6. The normalized spacial score (nSPS) is 10.9. The SMILES string of the molecule is COc1ccc(-c2ccc(/C=C(\C#N)C(=O)[O-])o2)cc1. The molecule has 1 aromatic heterocycles. The molecule has 100 valence electrons. The van der Waals surface area contributed by atoms with Crippen molar-refractivity contribution in [3.63, 3.8) is 0 Å². The van der Waals surface area contributed by atoms with Crippen LogP contribution in [-0.4, -0.2) is 13.1 Å². The highest BCUT2D eigenvalue weighted by atomic mass is 16.5. The van der Waals surface area contributed by atoms with Gasteiger partial charge in [0.2, 0.25) is 0 Å². The van der Waals surface area contributed by atoms with Gasteiger partial charge in [-0.1, -0.05) is 0 Å². The first-order chi connectivity index (χ1) is 9.63. The summed E-state index contributed by atoms with van der Waals surface area (Å²) in [4.78, 5) is 10.6. The molecule has 0 saturated carbocycles. The Labute approximate surface area is 115 Å². The maximum Gasteiger partial charge on any atom is 0.134 e. The Hall–Kier alpha value is -3.00. The predicted octanol–water partition coefficient (Wildman–Crippen LogP) is 1.61. The third-order valence-corrected chi connectivity index (χ3v) is 2.63. The molecule has 0 atom stereocenters. The van der Waals surface area contributed by atoms with E-state index in [2.05, 4.69) is 0 Å². The van der Waals surface area contributed by atoms with Crippen LogP contribution in [0.5, 0.6) is 5.75 Å². The van der Waals surface area contributed by atoms with Crippen LogP contribution >= 0.6 is 0 Å². The average molecular weight is 268 g/mol. The van der Waals surface area contributed by atoms with Crippen molar-refractivity contribution < 1.29 is 19.1 Å². The van der Waals surface area contributed by atoms with E-state index in [1.54, 1.807) is 31.4 Å². The maximum atomic E-state index is 10.6. The number of ether oxygens (including phenoxy) is 1. The molecular formula is C15H10NO4-. The highest BCUT2D eigenvalue weighted by Gasteiger charge is 2.05. The van der Waals surface area contributed by atoms with Crippen LogP contribution in [0.25, 0.3) is 17.4 Å². The van der Waals surface area contributed by atoms with Gasteiger partial charge in [0.25, 0.3) is 0 Å². The van der Waals surface area contributed by atoms with Crippen LogP contribution in [0.15, 0.2) is 46.4 Å². The minimum Gasteiger partial charge on any atom is -0.544 e. The molecule has 5 heteroatoms. The number of aliphatic carboxylic acids is 1. The van der Waals surface area contributed by atoms with Crippen LogP contribution in [0, 0.1) is 11.3 Å². The zero-order chi connectivity index (χ0) is 14.5. The number of hydrogen-bond acceptors (Lipinski definition) is 5. The largest absolute Gasteiger partial charge is 0.544 e. The minimum absolute atomic E-state index is 0.275. The van der Waals surface area contributed by atoms with Crippen LogP contribution in [0.2, 0.25) is 0 Å². The minimum atomic E-state index is -1.53. The summed E-state index contributed by atoms with van der Waals surface area (Å²) < 4.78 is 10.5. The van der Waals surface area contributed by atoms with Crippen molar-refractivity contribution >= 4 is 12.0 Å². The van der Waals surface area contributed by atoms with Crippen molar-refractivity contribution in [1.29, 1.82) is 5.26 Å². The van der Waals surface area contributed by atoms with E-state index in [0.29, 0.717) is 5.76 Å². The standard InChI is InChI=1S/C15H11NO4/c1-19-12-4-2-10(3-5-12)14-7-6-13(20-14)8-11(9-16)15(17)18/h2-8H,1H3,(H,17,18)/p-1/b11-8+. The van der Waals surface area contributed by atoms with Crippen LogP contribution in [0.3, 0.4) is 0 Å². The molecule has 0 aliphatic heterocycles. The van der Waals surface area contributed by atoms with Crippen molar-refractivity contribution in [1.82, 2.24) is 0 Å². The van der Waals surface area contributed by atoms with Gasteiger partial charge < -0.3 is 19.1 Å². The fourth-order valence-electron chi connectivity index (χ4n) is 1.62. The lowest BCUT2D eigenvalue weighted by Crippen LogP contribution is -2.23. The number of rotatable bonds is 4. The van der Waals surface area contributed by atoms with Gasteiger partial charge in [-0.3, -0.25) is 0 Å². The summed E-state index contributed by atoms with van der Waals surface area (Å²) >= 11 is 0. The number of nitrogens with zero attached hydrogens (tertiary/aromatic N) is 1. The Morgan fingerprint density at radius 1 is 1.30 bits per heavy atom. The Morgan fingerprint density at radius 3 is 2.55 bits per heavy atom. The van der Waals surface area contributed by atoms with Crippen molar-refractivity contribution in [2.75, 3.05) is 7.11 Å². The summed E-state index contributed by atoms with van der Waals surface area (Å²) in [6.45, 7) is 0. The van der Waals surface area contributed by atoms with Crippen molar-refractivity contribution in [3.8, 4) is 23.1 Å². The topological polar surface area (TPSA) is 86.3 Å². The average Bonchev–Trinajstić information content (AvgIpc) is 2.93. The van der Waals surface area contributed by atoms with Crippen molar-refractivity contribution in [2.24, 2.45) is 0 Å². The van der Waals surface area contributed by atoms with E-state index in [4.69, 9.17) is 14.4 Å². The van der Waals surface area contributed by atoms with Gasteiger partial charge in [-0.05, 0) is 36.4 Å². The summed E-state index contributed by atoms with van der Waals surface area (Å²) in [5.41, 5.74) is 0.332. The third kappa shape index (κ3) is 2.87. The summed E-state index contributed by atoms with van der Waals surface area (Å²) in [6.07, 6.45) is 1.13. The van der Waals surface area contributed by atoms with Gasteiger partial charge in [-0.25, -0.2) is 0 Å². The van der Waals surface area contributed by atoms with E-state index < -0.39 is 11.5 Å². The lowest BCUT2D eigenvalue weighted by molar-refractivity contribution is -0.298. The van der Waals surface area contributed by atoms with Crippen molar-refractivity contribution in [2.45, 2.75) is 0 Å². The number of methoxy groups -OCH3 is 1. The van der Waals surface area contributed by atoms with Crippen molar-refractivity contribution in [3.05, 3.63) is 47.7 Å². The number of carbonyl (C=O) groups excluding carboxylic acids is 1. The number of carboxylic acid groups (broad SMARTS) is 1. The maximum absolute atomic E-state index is 10.6. The first-order valence-electron chi connectivity index (χ1n) is 5.71. The fourth-order valence-corrected chi connectivity index (χ4v) is 1.62. The second-order valence-corrected chi connectivity index (χ2v) is 3.89. The molecule has 0 radical (unpaired) electrons. The molecule has 0 unspecified atom stereocenters. The quantitative estimate of drug-likeness (QED) is 0.621. The highest BCUT2D eigenvalue weighted by molar-refractivity contribution is 5.94. The highest BCUT2D eigenvalue weighted by Crippen LogP contribution is 2.25. The third-order valence-electron chi connectivity index (χ3n) is 2.63. The number of nitriles is 1. The second kappa shape index (κ2) is 5.76.